The van der Waals surface area contributed by atoms with Gasteiger partial charge in [0.15, 0.2) is 0 Å². The summed E-state index contributed by atoms with van der Waals surface area (Å²) in [5, 5.41) is 2.28. The van der Waals surface area contributed by atoms with Crippen LogP contribution in [0.25, 0.3) is 55.3 Å². The average Bonchev–Trinajstić information content (AvgIpc) is 3.61. The lowest BCUT2D eigenvalue weighted by molar-refractivity contribution is 0.660. The molecule has 0 bridgehead atoms. The van der Waals surface area contributed by atoms with E-state index in [1.807, 2.05) is 12.1 Å². The van der Waals surface area contributed by atoms with Gasteiger partial charge in [-0.3, -0.25) is 0 Å². The SMILES string of the molecule is CC1(C)c2ccccc2-c2cc(N(c3ccc(-c4ccccc4)cc3)c3cccc(-c4ccc5oc6ccccc6c5c4)c3)ccc21. The van der Waals surface area contributed by atoms with Crippen LogP contribution in [0, 0.1) is 0 Å². The lowest BCUT2D eigenvalue weighted by atomic mass is 9.82. The maximum atomic E-state index is 6.13. The van der Waals surface area contributed by atoms with Crippen LogP contribution in [-0.4, -0.2) is 0 Å². The van der Waals surface area contributed by atoms with Gasteiger partial charge in [-0.25, -0.2) is 0 Å². The van der Waals surface area contributed by atoms with Crippen molar-refractivity contribution in [2.24, 2.45) is 0 Å². The van der Waals surface area contributed by atoms with E-state index in [1.54, 1.807) is 0 Å². The van der Waals surface area contributed by atoms with Crippen molar-refractivity contribution in [2.75, 3.05) is 4.90 Å². The molecule has 0 amide bonds. The highest BCUT2D eigenvalue weighted by Gasteiger charge is 2.35. The lowest BCUT2D eigenvalue weighted by Crippen LogP contribution is -2.15. The molecule has 0 saturated heterocycles. The Morgan fingerprint density at radius 2 is 1.02 bits per heavy atom. The van der Waals surface area contributed by atoms with Crippen molar-refractivity contribution in [2.45, 2.75) is 19.3 Å². The van der Waals surface area contributed by atoms with Crippen molar-refractivity contribution in [3.05, 3.63) is 175 Å². The van der Waals surface area contributed by atoms with Crippen LogP contribution in [0.5, 0.6) is 0 Å². The van der Waals surface area contributed by atoms with Crippen LogP contribution in [-0.2, 0) is 5.41 Å². The molecule has 0 fully saturated rings. The molecule has 0 N–H and O–H groups in total. The molecule has 2 heteroatoms. The molecular formula is C45H33NO. The van der Waals surface area contributed by atoms with Gasteiger partial charge in [-0.05, 0) is 99.1 Å². The van der Waals surface area contributed by atoms with E-state index >= 15 is 0 Å². The maximum Gasteiger partial charge on any atom is 0.135 e. The third-order valence-electron chi connectivity index (χ3n) is 9.87. The van der Waals surface area contributed by atoms with Crippen molar-refractivity contribution in [1.82, 2.24) is 0 Å². The Balaban J connectivity index is 1.19. The van der Waals surface area contributed by atoms with E-state index in [-0.39, 0.29) is 5.41 Å². The number of anilines is 3. The summed E-state index contributed by atoms with van der Waals surface area (Å²) < 4.78 is 6.13. The van der Waals surface area contributed by atoms with Gasteiger partial charge < -0.3 is 9.32 Å². The normalized spacial score (nSPS) is 13.1. The highest BCUT2D eigenvalue weighted by atomic mass is 16.3. The molecule has 0 unspecified atom stereocenters. The summed E-state index contributed by atoms with van der Waals surface area (Å²) in [4.78, 5) is 2.39. The summed E-state index contributed by atoms with van der Waals surface area (Å²) in [6.07, 6.45) is 0. The molecule has 7 aromatic carbocycles. The van der Waals surface area contributed by atoms with Crippen LogP contribution >= 0.6 is 0 Å². The summed E-state index contributed by atoms with van der Waals surface area (Å²) in [7, 11) is 0. The molecule has 224 valence electrons. The van der Waals surface area contributed by atoms with Gasteiger partial charge in [-0.2, -0.15) is 0 Å². The van der Waals surface area contributed by atoms with Crippen LogP contribution in [0.1, 0.15) is 25.0 Å². The molecule has 0 spiro atoms. The van der Waals surface area contributed by atoms with Crippen molar-refractivity contribution >= 4 is 39.0 Å². The molecule has 8 aromatic rings. The predicted octanol–water partition coefficient (Wildman–Crippen LogP) is 12.7. The summed E-state index contributed by atoms with van der Waals surface area (Å²) in [6.45, 7) is 4.67. The first-order chi connectivity index (χ1) is 23.0. The van der Waals surface area contributed by atoms with Crippen molar-refractivity contribution in [3.8, 4) is 33.4 Å². The second-order valence-electron chi connectivity index (χ2n) is 13.0. The molecule has 1 heterocycles. The van der Waals surface area contributed by atoms with E-state index in [1.165, 1.54) is 33.4 Å². The zero-order valence-corrected chi connectivity index (χ0v) is 26.4. The maximum absolute atomic E-state index is 6.13. The zero-order valence-electron chi connectivity index (χ0n) is 26.4. The van der Waals surface area contributed by atoms with Crippen LogP contribution < -0.4 is 4.90 Å². The van der Waals surface area contributed by atoms with E-state index in [2.05, 4.69) is 170 Å². The van der Waals surface area contributed by atoms with Gasteiger partial charge in [-0.15, -0.1) is 0 Å². The van der Waals surface area contributed by atoms with Gasteiger partial charge in [0, 0.05) is 33.2 Å². The standard InChI is InChI=1S/C45H33NO/c1-45(2)41-17-8-6-15-37(41)39-29-36(24-25-42(39)45)46(34-22-19-31(20-23-34)30-11-4-3-5-12-30)35-14-10-13-32(27-35)33-21-26-44-40(28-33)38-16-7-9-18-43(38)47-44/h3-29H,1-2H3. The van der Waals surface area contributed by atoms with E-state index in [9.17, 15) is 0 Å². The summed E-state index contributed by atoms with van der Waals surface area (Å²) >= 11 is 0. The second kappa shape index (κ2) is 10.6. The number of nitrogens with zero attached hydrogens (tertiary/aromatic N) is 1. The number of hydrogen-bond acceptors (Lipinski definition) is 2. The number of hydrogen-bond donors (Lipinski definition) is 0. The topological polar surface area (TPSA) is 16.4 Å². The highest BCUT2D eigenvalue weighted by molar-refractivity contribution is 6.06. The fourth-order valence-electron chi connectivity index (χ4n) is 7.46. The first-order valence-corrected chi connectivity index (χ1v) is 16.3. The molecule has 0 radical (unpaired) electrons. The second-order valence-corrected chi connectivity index (χ2v) is 13.0. The van der Waals surface area contributed by atoms with Gasteiger partial charge in [0.25, 0.3) is 0 Å². The van der Waals surface area contributed by atoms with E-state index < -0.39 is 0 Å². The fourth-order valence-corrected chi connectivity index (χ4v) is 7.46. The number of benzene rings is 7. The largest absolute Gasteiger partial charge is 0.456 e. The lowest BCUT2D eigenvalue weighted by Gasteiger charge is -2.28. The van der Waals surface area contributed by atoms with Crippen LogP contribution in [0.4, 0.5) is 17.1 Å². The van der Waals surface area contributed by atoms with Crippen molar-refractivity contribution in [3.63, 3.8) is 0 Å². The minimum Gasteiger partial charge on any atom is -0.456 e. The molecule has 0 saturated carbocycles. The van der Waals surface area contributed by atoms with E-state index in [0.29, 0.717) is 0 Å². The Bertz CT molecular complexity index is 2430. The third-order valence-corrected chi connectivity index (χ3v) is 9.87. The molecule has 47 heavy (non-hydrogen) atoms. The molecule has 2 nitrogen and oxygen atoms in total. The molecular weight excluding hydrogens is 571 g/mol. The van der Waals surface area contributed by atoms with Gasteiger partial charge in [-0.1, -0.05) is 123 Å². The minimum absolute atomic E-state index is 0.0392. The van der Waals surface area contributed by atoms with Crippen molar-refractivity contribution in [1.29, 1.82) is 0 Å². The Hall–Kier alpha value is -5.86. The number of fused-ring (bicyclic) bond motifs is 6. The minimum atomic E-state index is -0.0392. The summed E-state index contributed by atoms with van der Waals surface area (Å²) in [6, 6.07) is 59.0. The predicted molar refractivity (Wildman–Crippen MR) is 197 cm³/mol. The summed E-state index contributed by atoms with van der Waals surface area (Å²) in [5.41, 5.74) is 15.3. The Morgan fingerprint density at radius 3 is 1.89 bits per heavy atom. The van der Waals surface area contributed by atoms with Crippen LogP contribution in [0.3, 0.4) is 0 Å². The molecule has 9 rings (SSSR count). The van der Waals surface area contributed by atoms with E-state index in [4.69, 9.17) is 4.42 Å². The smallest absolute Gasteiger partial charge is 0.135 e. The molecule has 1 aliphatic carbocycles. The Labute approximate surface area is 275 Å². The van der Waals surface area contributed by atoms with Gasteiger partial charge in [0.1, 0.15) is 11.2 Å². The first-order valence-electron chi connectivity index (χ1n) is 16.3. The van der Waals surface area contributed by atoms with Crippen LogP contribution in [0.15, 0.2) is 168 Å². The fraction of sp³-hybridized carbons (Fsp3) is 0.0667. The summed E-state index contributed by atoms with van der Waals surface area (Å²) in [5.74, 6) is 0. The molecule has 1 aliphatic rings. The highest BCUT2D eigenvalue weighted by Crippen LogP contribution is 2.50. The third kappa shape index (κ3) is 4.48. The Kier molecular flexibility index (Phi) is 6.20. The van der Waals surface area contributed by atoms with Gasteiger partial charge in [0.2, 0.25) is 0 Å². The van der Waals surface area contributed by atoms with Gasteiger partial charge >= 0.3 is 0 Å². The molecule has 0 aliphatic heterocycles. The average molecular weight is 604 g/mol. The molecule has 1 aromatic heterocycles. The quantitative estimate of drug-likeness (QED) is 0.195. The monoisotopic (exact) mass is 603 g/mol. The zero-order chi connectivity index (χ0) is 31.5. The first kappa shape index (κ1) is 27.5. The van der Waals surface area contributed by atoms with Crippen molar-refractivity contribution < 1.29 is 4.42 Å². The van der Waals surface area contributed by atoms with Gasteiger partial charge in [0.05, 0.1) is 0 Å². The Morgan fingerprint density at radius 1 is 0.404 bits per heavy atom. The molecule has 0 atom stereocenters. The van der Waals surface area contributed by atoms with E-state index in [0.717, 1.165) is 50.1 Å². The van der Waals surface area contributed by atoms with Crippen LogP contribution in [0.2, 0.25) is 0 Å². The number of para-hydroxylation sites is 1. The number of furan rings is 1. The number of rotatable bonds is 5.